The highest BCUT2D eigenvalue weighted by Crippen LogP contribution is 2.35. The van der Waals surface area contributed by atoms with E-state index in [1.165, 1.54) is 50.7 Å². The number of halogens is 1. The van der Waals surface area contributed by atoms with Crippen molar-refractivity contribution in [3.05, 3.63) is 35.6 Å². The lowest BCUT2D eigenvalue weighted by molar-refractivity contribution is -0.134. The lowest BCUT2D eigenvalue weighted by Gasteiger charge is -2.29. The lowest BCUT2D eigenvalue weighted by atomic mass is 10.1. The van der Waals surface area contributed by atoms with Crippen LogP contribution in [-0.4, -0.2) is 22.9 Å². The van der Waals surface area contributed by atoms with Crippen molar-refractivity contribution in [1.29, 1.82) is 0 Å². The fourth-order valence-electron chi connectivity index (χ4n) is 3.27. The van der Waals surface area contributed by atoms with Crippen molar-refractivity contribution < 1.29 is 9.18 Å². The molecule has 1 amide bonds. The monoisotopic (exact) mass is 275 g/mol. The Bertz CT molecular complexity index is 460. The Hall–Kier alpha value is -1.38. The van der Waals surface area contributed by atoms with Crippen molar-refractivity contribution in [2.24, 2.45) is 0 Å². The summed E-state index contributed by atoms with van der Waals surface area (Å²) in [5, 5.41) is 0. The third kappa shape index (κ3) is 3.20. The minimum absolute atomic E-state index is 0.217. The Morgan fingerprint density at radius 1 is 1.05 bits per heavy atom. The van der Waals surface area contributed by atoms with Gasteiger partial charge in [-0.3, -0.25) is 4.79 Å². The smallest absolute Gasteiger partial charge is 0.223 e. The molecule has 1 aromatic rings. The maximum atomic E-state index is 12.9. The molecule has 0 heterocycles. The van der Waals surface area contributed by atoms with Crippen LogP contribution >= 0.6 is 0 Å². The van der Waals surface area contributed by atoms with E-state index in [-0.39, 0.29) is 5.82 Å². The topological polar surface area (TPSA) is 20.3 Å². The summed E-state index contributed by atoms with van der Waals surface area (Å²) in [7, 11) is 0. The summed E-state index contributed by atoms with van der Waals surface area (Å²) in [6.07, 6.45) is 8.51. The summed E-state index contributed by atoms with van der Waals surface area (Å²) in [6, 6.07) is 7.49. The highest BCUT2D eigenvalue weighted by molar-refractivity contribution is 5.77. The maximum absolute atomic E-state index is 12.9. The summed E-state index contributed by atoms with van der Waals surface area (Å²) in [5.41, 5.74) is 1.04. The summed E-state index contributed by atoms with van der Waals surface area (Å²) in [5.74, 6) is 0.0781. The van der Waals surface area contributed by atoms with E-state index in [2.05, 4.69) is 4.90 Å². The summed E-state index contributed by atoms with van der Waals surface area (Å²) >= 11 is 0. The van der Waals surface area contributed by atoms with Gasteiger partial charge in [0.05, 0.1) is 0 Å². The number of amides is 1. The number of hydrogen-bond acceptors (Lipinski definition) is 1. The van der Waals surface area contributed by atoms with E-state index in [0.717, 1.165) is 12.0 Å². The van der Waals surface area contributed by atoms with E-state index in [9.17, 15) is 9.18 Å². The molecular formula is C17H22FNO. The van der Waals surface area contributed by atoms with Gasteiger partial charge in [0.1, 0.15) is 5.82 Å². The molecule has 0 aliphatic heterocycles. The van der Waals surface area contributed by atoms with Gasteiger partial charge in [-0.1, -0.05) is 25.0 Å². The van der Waals surface area contributed by atoms with Gasteiger partial charge in [0.2, 0.25) is 5.91 Å². The van der Waals surface area contributed by atoms with E-state index in [0.29, 0.717) is 24.4 Å². The van der Waals surface area contributed by atoms with Crippen molar-refractivity contribution in [2.45, 2.75) is 63.5 Å². The van der Waals surface area contributed by atoms with Gasteiger partial charge in [0, 0.05) is 18.5 Å². The molecule has 0 atom stereocenters. The fourth-order valence-corrected chi connectivity index (χ4v) is 3.27. The Kier molecular flexibility index (Phi) is 4.04. The number of carbonyl (C=O) groups excluding carboxylic acids is 1. The molecule has 2 nitrogen and oxygen atoms in total. The number of hydrogen-bond donors (Lipinski definition) is 0. The highest BCUT2D eigenvalue weighted by Gasteiger charge is 2.37. The molecule has 0 unspecified atom stereocenters. The van der Waals surface area contributed by atoms with Gasteiger partial charge in [-0.05, 0) is 49.8 Å². The molecule has 3 rings (SSSR count). The van der Waals surface area contributed by atoms with Gasteiger partial charge in [-0.2, -0.15) is 0 Å². The molecule has 0 spiro atoms. The predicted molar refractivity (Wildman–Crippen MR) is 76.8 cm³/mol. The molecule has 0 radical (unpaired) electrons. The van der Waals surface area contributed by atoms with Crippen LogP contribution in [0.15, 0.2) is 24.3 Å². The minimum atomic E-state index is -0.217. The zero-order chi connectivity index (χ0) is 13.9. The van der Waals surface area contributed by atoms with Crippen LogP contribution in [0.25, 0.3) is 0 Å². The summed E-state index contributed by atoms with van der Waals surface area (Å²) in [6.45, 7) is 0. The molecular weight excluding hydrogens is 253 g/mol. The Labute approximate surface area is 120 Å². The molecule has 0 N–H and O–H groups in total. The van der Waals surface area contributed by atoms with Gasteiger partial charge in [0.15, 0.2) is 0 Å². The van der Waals surface area contributed by atoms with Crippen molar-refractivity contribution in [2.75, 3.05) is 0 Å². The van der Waals surface area contributed by atoms with Gasteiger partial charge in [-0.25, -0.2) is 4.39 Å². The van der Waals surface area contributed by atoms with Gasteiger partial charge in [-0.15, -0.1) is 0 Å². The average molecular weight is 275 g/mol. The second-order valence-electron chi connectivity index (χ2n) is 6.10. The van der Waals surface area contributed by atoms with Crippen LogP contribution in [0.4, 0.5) is 4.39 Å². The molecule has 2 aliphatic carbocycles. The summed E-state index contributed by atoms with van der Waals surface area (Å²) < 4.78 is 12.9. The Morgan fingerprint density at radius 3 is 2.25 bits per heavy atom. The Balaban J connectivity index is 1.57. The first-order chi connectivity index (χ1) is 9.74. The van der Waals surface area contributed by atoms with Gasteiger partial charge in [0.25, 0.3) is 0 Å². The standard InChI is InChI=1S/C17H22FNO/c18-14-8-5-13(6-9-14)7-12-17(20)19(16-10-11-16)15-3-1-2-4-15/h5-6,8-9,15-16H,1-4,7,10-12H2. The lowest BCUT2D eigenvalue weighted by Crippen LogP contribution is -2.40. The first-order valence-corrected chi connectivity index (χ1v) is 7.79. The number of nitrogens with zero attached hydrogens (tertiary/aromatic N) is 1. The quantitative estimate of drug-likeness (QED) is 0.802. The second-order valence-corrected chi connectivity index (χ2v) is 6.10. The van der Waals surface area contributed by atoms with Crippen molar-refractivity contribution in [3.8, 4) is 0 Å². The molecule has 2 saturated carbocycles. The van der Waals surface area contributed by atoms with E-state index in [1.54, 1.807) is 12.1 Å². The maximum Gasteiger partial charge on any atom is 0.223 e. The molecule has 0 saturated heterocycles. The number of carbonyl (C=O) groups is 1. The molecule has 0 bridgehead atoms. The van der Waals surface area contributed by atoms with Crippen LogP contribution in [0.1, 0.15) is 50.5 Å². The van der Waals surface area contributed by atoms with E-state index < -0.39 is 0 Å². The number of benzene rings is 1. The number of aryl methyl sites for hydroxylation is 1. The third-order valence-electron chi connectivity index (χ3n) is 4.49. The summed E-state index contributed by atoms with van der Waals surface area (Å²) in [4.78, 5) is 14.7. The first-order valence-electron chi connectivity index (χ1n) is 7.79. The van der Waals surface area contributed by atoms with Crippen molar-refractivity contribution in [1.82, 2.24) is 4.90 Å². The normalized spacial score (nSPS) is 19.2. The van der Waals surface area contributed by atoms with Crippen LogP contribution in [0.3, 0.4) is 0 Å². The molecule has 20 heavy (non-hydrogen) atoms. The van der Waals surface area contributed by atoms with Crippen molar-refractivity contribution in [3.63, 3.8) is 0 Å². The SMILES string of the molecule is O=C(CCc1ccc(F)cc1)N(C1CCCC1)C1CC1. The highest BCUT2D eigenvalue weighted by atomic mass is 19.1. The molecule has 0 aromatic heterocycles. The van der Waals surface area contributed by atoms with Crippen LogP contribution in [-0.2, 0) is 11.2 Å². The molecule has 2 aliphatic rings. The minimum Gasteiger partial charge on any atom is -0.337 e. The van der Waals surface area contributed by atoms with Crippen LogP contribution < -0.4 is 0 Å². The van der Waals surface area contributed by atoms with E-state index >= 15 is 0 Å². The zero-order valence-electron chi connectivity index (χ0n) is 11.9. The van der Waals surface area contributed by atoms with E-state index in [1.807, 2.05) is 0 Å². The third-order valence-corrected chi connectivity index (χ3v) is 4.49. The van der Waals surface area contributed by atoms with E-state index in [4.69, 9.17) is 0 Å². The predicted octanol–water partition coefficient (Wildman–Crippen LogP) is 3.69. The molecule has 1 aromatic carbocycles. The zero-order valence-corrected chi connectivity index (χ0v) is 11.9. The van der Waals surface area contributed by atoms with Gasteiger partial charge >= 0.3 is 0 Å². The fraction of sp³-hybridized carbons (Fsp3) is 0.588. The average Bonchev–Trinajstić information content (AvgIpc) is 3.13. The number of rotatable bonds is 5. The Morgan fingerprint density at radius 2 is 1.65 bits per heavy atom. The van der Waals surface area contributed by atoms with Gasteiger partial charge < -0.3 is 4.90 Å². The van der Waals surface area contributed by atoms with Crippen LogP contribution in [0.2, 0.25) is 0 Å². The molecule has 2 fully saturated rings. The first kappa shape index (κ1) is 13.6. The molecule has 3 heteroatoms. The largest absolute Gasteiger partial charge is 0.337 e. The van der Waals surface area contributed by atoms with Crippen LogP contribution in [0, 0.1) is 5.82 Å². The molecule has 108 valence electrons. The van der Waals surface area contributed by atoms with Crippen LogP contribution in [0.5, 0.6) is 0 Å². The second kappa shape index (κ2) is 5.94. The van der Waals surface area contributed by atoms with Crippen molar-refractivity contribution >= 4 is 5.91 Å².